The normalized spacial score (nSPS) is 15.1. The van der Waals surface area contributed by atoms with Crippen LogP contribution in [0.4, 0.5) is 5.69 Å². The number of nitrogens with zero attached hydrogens (tertiary/aromatic N) is 1. The Morgan fingerprint density at radius 3 is 2.81 bits per heavy atom. The molecule has 1 aliphatic rings. The van der Waals surface area contributed by atoms with Gasteiger partial charge in [-0.1, -0.05) is 32.6 Å². The molecule has 0 aliphatic heterocycles. The molecule has 0 atom stereocenters. The van der Waals surface area contributed by atoms with Crippen LogP contribution in [0.15, 0.2) is 12.3 Å². The van der Waals surface area contributed by atoms with Gasteiger partial charge in [0, 0.05) is 25.0 Å². The summed E-state index contributed by atoms with van der Waals surface area (Å²) in [5.74, 6) is 0.790. The van der Waals surface area contributed by atoms with Crippen LogP contribution in [0.3, 0.4) is 0 Å². The lowest BCUT2D eigenvalue weighted by atomic mass is 10.0. The molecule has 1 saturated carbocycles. The van der Waals surface area contributed by atoms with E-state index in [1.54, 1.807) is 6.20 Å². The van der Waals surface area contributed by atoms with E-state index >= 15 is 0 Å². The Morgan fingerprint density at radius 1 is 1.33 bits per heavy atom. The largest absolute Gasteiger partial charge is 0.384 e. The second-order valence-corrected chi connectivity index (χ2v) is 5.99. The fourth-order valence-corrected chi connectivity index (χ4v) is 2.93. The van der Waals surface area contributed by atoms with Crippen molar-refractivity contribution in [2.45, 2.75) is 52.4 Å². The smallest absolute Gasteiger partial charge is 0.254 e. The summed E-state index contributed by atoms with van der Waals surface area (Å²) in [6.45, 7) is 5.69. The molecule has 0 radical (unpaired) electrons. The van der Waals surface area contributed by atoms with Gasteiger partial charge in [0.1, 0.15) is 0 Å². The molecular weight excluding hydrogens is 262 g/mol. The lowest BCUT2D eigenvalue weighted by molar-refractivity contribution is 0.0952. The van der Waals surface area contributed by atoms with Crippen LogP contribution < -0.4 is 10.6 Å². The van der Waals surface area contributed by atoms with E-state index in [0.29, 0.717) is 5.56 Å². The first kappa shape index (κ1) is 15.8. The fraction of sp³-hybridized carbons (Fsp3) is 0.647. The lowest BCUT2D eigenvalue weighted by Gasteiger charge is -2.13. The van der Waals surface area contributed by atoms with Crippen molar-refractivity contribution in [1.82, 2.24) is 10.3 Å². The zero-order valence-electron chi connectivity index (χ0n) is 13.2. The maximum Gasteiger partial charge on any atom is 0.254 e. The van der Waals surface area contributed by atoms with E-state index < -0.39 is 0 Å². The Hall–Kier alpha value is -1.58. The third-order valence-corrected chi connectivity index (χ3v) is 4.16. The molecule has 1 aromatic rings. The van der Waals surface area contributed by atoms with Gasteiger partial charge < -0.3 is 10.6 Å². The van der Waals surface area contributed by atoms with Gasteiger partial charge in [-0.05, 0) is 31.7 Å². The van der Waals surface area contributed by atoms with Gasteiger partial charge >= 0.3 is 0 Å². The predicted molar refractivity (Wildman–Crippen MR) is 86.7 cm³/mol. The van der Waals surface area contributed by atoms with Crippen LogP contribution in [0.25, 0.3) is 0 Å². The molecule has 1 aliphatic carbocycles. The average Bonchev–Trinajstić information content (AvgIpc) is 2.98. The third kappa shape index (κ3) is 4.73. The average molecular weight is 289 g/mol. The Labute approximate surface area is 127 Å². The number of rotatable bonds is 7. The van der Waals surface area contributed by atoms with Crippen LogP contribution in [-0.2, 0) is 0 Å². The number of nitrogens with one attached hydrogen (secondary N) is 2. The summed E-state index contributed by atoms with van der Waals surface area (Å²) >= 11 is 0. The van der Waals surface area contributed by atoms with Crippen molar-refractivity contribution in [2.75, 3.05) is 18.4 Å². The van der Waals surface area contributed by atoms with Crippen molar-refractivity contribution in [2.24, 2.45) is 5.92 Å². The van der Waals surface area contributed by atoms with Crippen molar-refractivity contribution >= 4 is 11.6 Å². The summed E-state index contributed by atoms with van der Waals surface area (Å²) in [6, 6.07) is 1.95. The molecule has 21 heavy (non-hydrogen) atoms. The van der Waals surface area contributed by atoms with Gasteiger partial charge in [-0.25, -0.2) is 0 Å². The zero-order chi connectivity index (χ0) is 15.1. The molecule has 2 N–H and O–H groups in total. The van der Waals surface area contributed by atoms with E-state index in [9.17, 15) is 4.79 Å². The first-order chi connectivity index (χ1) is 10.2. The minimum Gasteiger partial charge on any atom is -0.384 e. The van der Waals surface area contributed by atoms with Crippen LogP contribution >= 0.6 is 0 Å². The molecule has 116 valence electrons. The number of hydrogen-bond donors (Lipinski definition) is 2. The maximum absolute atomic E-state index is 12.3. The van der Waals surface area contributed by atoms with Crippen molar-refractivity contribution in [3.63, 3.8) is 0 Å². The highest BCUT2D eigenvalue weighted by Crippen LogP contribution is 2.27. The highest BCUT2D eigenvalue weighted by atomic mass is 16.1. The van der Waals surface area contributed by atoms with Gasteiger partial charge in [0.2, 0.25) is 0 Å². The molecule has 0 saturated heterocycles. The molecule has 2 rings (SSSR count). The van der Waals surface area contributed by atoms with Crippen LogP contribution in [0, 0.1) is 12.8 Å². The topological polar surface area (TPSA) is 54.0 Å². The number of carbonyl (C=O) groups excluding carboxylic acids is 1. The van der Waals surface area contributed by atoms with E-state index in [-0.39, 0.29) is 5.91 Å². The van der Waals surface area contributed by atoms with Crippen molar-refractivity contribution in [3.8, 4) is 0 Å². The Bertz CT molecular complexity index is 467. The lowest BCUT2D eigenvalue weighted by Crippen LogP contribution is -2.27. The summed E-state index contributed by atoms with van der Waals surface area (Å²) in [4.78, 5) is 16.6. The molecular formula is C17H27N3O. The molecule has 1 amide bonds. The second-order valence-electron chi connectivity index (χ2n) is 5.99. The number of hydrogen-bond acceptors (Lipinski definition) is 3. The summed E-state index contributed by atoms with van der Waals surface area (Å²) in [5.41, 5.74) is 2.47. The van der Waals surface area contributed by atoms with Gasteiger partial charge in [0.15, 0.2) is 0 Å². The zero-order valence-corrected chi connectivity index (χ0v) is 13.2. The van der Waals surface area contributed by atoms with Crippen molar-refractivity contribution in [1.29, 1.82) is 0 Å². The molecule has 4 nitrogen and oxygen atoms in total. The van der Waals surface area contributed by atoms with E-state index in [0.717, 1.165) is 43.2 Å². The standard InChI is InChI=1S/C17H27N3O/c1-3-9-18-16-11-13(2)20-12-15(16)17(21)19-10-8-14-6-4-5-7-14/h11-12,14H,3-10H2,1-2H3,(H,18,20)(H,19,21). The van der Waals surface area contributed by atoms with Gasteiger partial charge in [-0.15, -0.1) is 0 Å². The predicted octanol–water partition coefficient (Wildman–Crippen LogP) is 3.52. The number of anilines is 1. The highest BCUT2D eigenvalue weighted by molar-refractivity contribution is 5.99. The van der Waals surface area contributed by atoms with Crippen LogP contribution in [-0.4, -0.2) is 24.0 Å². The van der Waals surface area contributed by atoms with Gasteiger partial charge in [-0.2, -0.15) is 0 Å². The summed E-state index contributed by atoms with van der Waals surface area (Å²) in [6.07, 6.45) is 9.17. The SMILES string of the molecule is CCCNc1cc(C)ncc1C(=O)NCCC1CCCC1. The second kappa shape index (κ2) is 8.01. The number of pyridine rings is 1. The molecule has 0 bridgehead atoms. The summed E-state index contributed by atoms with van der Waals surface area (Å²) < 4.78 is 0. The molecule has 4 heteroatoms. The van der Waals surface area contributed by atoms with E-state index in [1.165, 1.54) is 25.7 Å². The van der Waals surface area contributed by atoms with E-state index in [4.69, 9.17) is 0 Å². The number of amides is 1. The Balaban J connectivity index is 1.90. The van der Waals surface area contributed by atoms with E-state index in [1.807, 2.05) is 13.0 Å². The van der Waals surface area contributed by atoms with Gasteiger partial charge in [0.25, 0.3) is 5.91 Å². The minimum absolute atomic E-state index is 0.0147. The molecule has 1 fully saturated rings. The number of aromatic nitrogens is 1. The van der Waals surface area contributed by atoms with Crippen LogP contribution in [0.5, 0.6) is 0 Å². The maximum atomic E-state index is 12.3. The quantitative estimate of drug-likeness (QED) is 0.807. The van der Waals surface area contributed by atoms with Crippen LogP contribution in [0.1, 0.15) is 61.5 Å². The number of aryl methyl sites for hydroxylation is 1. The summed E-state index contributed by atoms with van der Waals surface area (Å²) in [5, 5.41) is 6.36. The van der Waals surface area contributed by atoms with Crippen LogP contribution in [0.2, 0.25) is 0 Å². The van der Waals surface area contributed by atoms with Crippen molar-refractivity contribution in [3.05, 3.63) is 23.5 Å². The molecule has 0 aromatic carbocycles. The highest BCUT2D eigenvalue weighted by Gasteiger charge is 2.16. The molecule has 0 unspecified atom stereocenters. The summed E-state index contributed by atoms with van der Waals surface area (Å²) in [7, 11) is 0. The van der Waals surface area contributed by atoms with E-state index in [2.05, 4.69) is 22.5 Å². The van der Waals surface area contributed by atoms with Gasteiger partial charge in [-0.3, -0.25) is 9.78 Å². The Kier molecular flexibility index (Phi) is 6.03. The van der Waals surface area contributed by atoms with Crippen molar-refractivity contribution < 1.29 is 4.79 Å². The molecule has 0 spiro atoms. The molecule has 1 aromatic heterocycles. The van der Waals surface area contributed by atoms with Gasteiger partial charge in [0.05, 0.1) is 11.3 Å². The Morgan fingerprint density at radius 2 is 2.10 bits per heavy atom. The third-order valence-electron chi connectivity index (χ3n) is 4.16. The number of carbonyl (C=O) groups is 1. The first-order valence-electron chi connectivity index (χ1n) is 8.19. The first-order valence-corrected chi connectivity index (χ1v) is 8.19. The molecule has 1 heterocycles. The monoisotopic (exact) mass is 289 g/mol. The minimum atomic E-state index is -0.0147. The fourth-order valence-electron chi connectivity index (χ4n) is 2.93.